The van der Waals surface area contributed by atoms with Gasteiger partial charge in [0.25, 0.3) is 0 Å². The predicted octanol–water partition coefficient (Wildman–Crippen LogP) is 3.97. The highest BCUT2D eigenvalue weighted by molar-refractivity contribution is 7.80. The molecule has 0 bridgehead atoms. The van der Waals surface area contributed by atoms with E-state index < -0.39 is 0 Å². The van der Waals surface area contributed by atoms with Crippen LogP contribution in [0.2, 0.25) is 0 Å². The number of nitrogens with one attached hydrogen (secondary N) is 2. The molecule has 1 aliphatic heterocycles. The second-order valence-electron chi connectivity index (χ2n) is 6.51. The Kier molecular flexibility index (Phi) is 6.76. The Morgan fingerprint density at radius 2 is 1.81 bits per heavy atom. The molecule has 3 rings (SSSR count). The van der Waals surface area contributed by atoms with Crippen molar-refractivity contribution in [1.29, 1.82) is 0 Å². The molecule has 144 valence electrons. The summed E-state index contributed by atoms with van der Waals surface area (Å²) in [6.07, 6.45) is 1.00. The number of rotatable bonds is 7. The van der Waals surface area contributed by atoms with Crippen molar-refractivity contribution < 1.29 is 9.47 Å². The molecule has 2 N–H and O–H groups in total. The molecule has 27 heavy (non-hydrogen) atoms. The van der Waals surface area contributed by atoms with Gasteiger partial charge in [0, 0.05) is 37.1 Å². The van der Waals surface area contributed by atoms with Gasteiger partial charge < -0.3 is 25.0 Å². The van der Waals surface area contributed by atoms with Gasteiger partial charge in [-0.2, -0.15) is 0 Å². The minimum atomic E-state index is 0.577. The molecule has 0 saturated carbocycles. The molecule has 0 atom stereocenters. The first kappa shape index (κ1) is 19.3. The second kappa shape index (κ2) is 9.46. The van der Waals surface area contributed by atoms with E-state index in [4.69, 9.17) is 21.7 Å². The molecule has 0 aliphatic carbocycles. The Morgan fingerprint density at radius 1 is 1.07 bits per heavy atom. The zero-order valence-electron chi connectivity index (χ0n) is 16.0. The lowest BCUT2D eigenvalue weighted by Crippen LogP contribution is -2.32. The highest BCUT2D eigenvalue weighted by Gasteiger charge is 2.12. The van der Waals surface area contributed by atoms with Crippen LogP contribution in [0.25, 0.3) is 0 Å². The molecule has 6 heteroatoms. The molecule has 0 fully saturated rings. The number of nitrogens with zero attached hydrogens (tertiary/aromatic N) is 1. The van der Waals surface area contributed by atoms with E-state index in [1.807, 2.05) is 18.2 Å². The van der Waals surface area contributed by atoms with Gasteiger partial charge in [-0.25, -0.2) is 0 Å². The van der Waals surface area contributed by atoms with E-state index in [2.05, 4.69) is 53.6 Å². The lowest BCUT2D eigenvalue weighted by atomic mass is 10.2. The molecule has 0 amide bonds. The van der Waals surface area contributed by atoms with Crippen molar-refractivity contribution in [2.45, 2.75) is 20.3 Å². The first-order valence-corrected chi connectivity index (χ1v) is 9.82. The van der Waals surface area contributed by atoms with E-state index in [0.29, 0.717) is 18.3 Å². The summed E-state index contributed by atoms with van der Waals surface area (Å²) in [4.78, 5) is 2.37. The van der Waals surface area contributed by atoms with Gasteiger partial charge in [-0.3, -0.25) is 0 Å². The predicted molar refractivity (Wildman–Crippen MR) is 115 cm³/mol. The Hall–Kier alpha value is -2.47. The van der Waals surface area contributed by atoms with Crippen LogP contribution in [0.5, 0.6) is 11.5 Å². The van der Waals surface area contributed by atoms with Crippen molar-refractivity contribution in [2.75, 3.05) is 43.1 Å². The highest BCUT2D eigenvalue weighted by Crippen LogP contribution is 2.32. The number of hydrogen-bond acceptors (Lipinski definition) is 4. The summed E-state index contributed by atoms with van der Waals surface area (Å²) in [5.74, 6) is 1.53. The summed E-state index contributed by atoms with van der Waals surface area (Å²) >= 11 is 5.40. The molecule has 0 saturated heterocycles. The quantitative estimate of drug-likeness (QED) is 0.555. The van der Waals surface area contributed by atoms with Crippen molar-refractivity contribution in [2.24, 2.45) is 0 Å². The van der Waals surface area contributed by atoms with E-state index in [-0.39, 0.29) is 0 Å². The molecule has 0 unspecified atom stereocenters. The van der Waals surface area contributed by atoms with Gasteiger partial charge in [0.05, 0.1) is 0 Å². The van der Waals surface area contributed by atoms with E-state index in [1.165, 1.54) is 11.3 Å². The van der Waals surface area contributed by atoms with Crippen LogP contribution >= 0.6 is 12.2 Å². The first-order valence-electron chi connectivity index (χ1n) is 9.42. The fourth-order valence-electron chi connectivity index (χ4n) is 2.99. The maximum absolute atomic E-state index is 5.60. The van der Waals surface area contributed by atoms with Crippen molar-refractivity contribution in [1.82, 2.24) is 5.32 Å². The summed E-state index contributed by atoms with van der Waals surface area (Å²) in [5.41, 5.74) is 3.44. The topological polar surface area (TPSA) is 45.8 Å². The number of benzene rings is 2. The number of fused-ring (bicyclic) bond motifs is 1. The number of hydrogen-bond donors (Lipinski definition) is 2. The van der Waals surface area contributed by atoms with Gasteiger partial charge in [-0.05, 0) is 56.8 Å². The van der Waals surface area contributed by atoms with E-state index in [1.54, 1.807) is 0 Å². The van der Waals surface area contributed by atoms with E-state index >= 15 is 0 Å². The molecule has 2 aromatic rings. The van der Waals surface area contributed by atoms with Gasteiger partial charge in [-0.15, -0.1) is 0 Å². The molecule has 2 aromatic carbocycles. The summed E-state index contributed by atoms with van der Waals surface area (Å²) in [6, 6.07) is 14.4. The average molecular weight is 386 g/mol. The second-order valence-corrected chi connectivity index (χ2v) is 6.92. The maximum atomic E-state index is 5.60. The molecule has 0 spiro atoms. The lowest BCUT2D eigenvalue weighted by molar-refractivity contribution is 0.171. The van der Waals surface area contributed by atoms with Crippen molar-refractivity contribution >= 4 is 28.7 Å². The first-order chi connectivity index (χ1) is 13.2. The minimum absolute atomic E-state index is 0.577. The SMILES string of the molecule is CCN(CCCNC(=S)Nc1ccc2c(c1)OCCO2)c1ccc(C)cc1. The van der Waals surface area contributed by atoms with Gasteiger partial charge in [0.1, 0.15) is 13.2 Å². The Labute approximate surface area is 166 Å². The Bertz CT molecular complexity index is 765. The van der Waals surface area contributed by atoms with Gasteiger partial charge in [0.2, 0.25) is 0 Å². The van der Waals surface area contributed by atoms with Crippen LogP contribution in [0.1, 0.15) is 18.9 Å². The fourth-order valence-corrected chi connectivity index (χ4v) is 3.21. The molecule has 5 nitrogen and oxygen atoms in total. The Morgan fingerprint density at radius 3 is 2.56 bits per heavy atom. The van der Waals surface area contributed by atoms with Crippen LogP contribution in [0.4, 0.5) is 11.4 Å². The van der Waals surface area contributed by atoms with Crippen LogP contribution in [-0.4, -0.2) is 38.0 Å². The maximum Gasteiger partial charge on any atom is 0.170 e. The van der Waals surface area contributed by atoms with E-state index in [0.717, 1.165) is 43.2 Å². The largest absolute Gasteiger partial charge is 0.486 e. The zero-order chi connectivity index (χ0) is 19.1. The number of anilines is 2. The smallest absolute Gasteiger partial charge is 0.170 e. The average Bonchev–Trinajstić information content (AvgIpc) is 2.69. The number of aryl methyl sites for hydroxylation is 1. The highest BCUT2D eigenvalue weighted by atomic mass is 32.1. The van der Waals surface area contributed by atoms with Crippen LogP contribution in [0.3, 0.4) is 0 Å². The third-order valence-electron chi connectivity index (χ3n) is 4.47. The number of ether oxygens (including phenoxy) is 2. The van der Waals surface area contributed by atoms with Crippen molar-refractivity contribution in [3.63, 3.8) is 0 Å². The van der Waals surface area contributed by atoms with Gasteiger partial charge >= 0.3 is 0 Å². The summed E-state index contributed by atoms with van der Waals surface area (Å²) in [5, 5.41) is 7.09. The van der Waals surface area contributed by atoms with E-state index in [9.17, 15) is 0 Å². The van der Waals surface area contributed by atoms with Crippen LogP contribution in [0, 0.1) is 6.92 Å². The summed E-state index contributed by atoms with van der Waals surface area (Å²) in [7, 11) is 0. The van der Waals surface area contributed by atoms with Gasteiger partial charge in [0.15, 0.2) is 16.6 Å². The minimum Gasteiger partial charge on any atom is -0.486 e. The zero-order valence-corrected chi connectivity index (χ0v) is 16.8. The molecular formula is C21H27N3O2S. The lowest BCUT2D eigenvalue weighted by Gasteiger charge is -2.23. The van der Waals surface area contributed by atoms with Crippen LogP contribution in [0.15, 0.2) is 42.5 Å². The fraction of sp³-hybridized carbons (Fsp3) is 0.381. The van der Waals surface area contributed by atoms with Crippen molar-refractivity contribution in [3.05, 3.63) is 48.0 Å². The number of thiocarbonyl (C=S) groups is 1. The molecule has 0 radical (unpaired) electrons. The molecule has 1 heterocycles. The van der Waals surface area contributed by atoms with Crippen molar-refractivity contribution in [3.8, 4) is 11.5 Å². The standard InChI is InChI=1S/C21H27N3O2S/c1-3-24(18-8-5-16(2)6-9-18)12-4-11-22-21(27)23-17-7-10-19-20(15-17)26-14-13-25-19/h5-10,15H,3-4,11-14H2,1-2H3,(H2,22,23,27). The van der Waals surface area contributed by atoms with Gasteiger partial charge in [-0.1, -0.05) is 17.7 Å². The summed E-state index contributed by atoms with van der Waals surface area (Å²) < 4.78 is 11.1. The normalized spacial score (nSPS) is 12.4. The van der Waals surface area contributed by atoms with Crippen LogP contribution in [-0.2, 0) is 0 Å². The van der Waals surface area contributed by atoms with Crippen LogP contribution < -0.4 is 25.0 Å². The molecule has 0 aromatic heterocycles. The summed E-state index contributed by atoms with van der Waals surface area (Å²) in [6.45, 7) is 8.26. The Balaban J connectivity index is 1.42. The monoisotopic (exact) mass is 385 g/mol. The third kappa shape index (κ3) is 5.50. The molecule has 1 aliphatic rings. The molecular weight excluding hydrogens is 358 g/mol. The third-order valence-corrected chi connectivity index (χ3v) is 4.72.